The summed E-state index contributed by atoms with van der Waals surface area (Å²) in [7, 11) is 1.53. The van der Waals surface area contributed by atoms with Crippen molar-refractivity contribution in [2.45, 2.75) is 12.6 Å². The second kappa shape index (κ2) is 5.72. The number of nitrogens with zero attached hydrogens (tertiary/aromatic N) is 1. The molecule has 0 amide bonds. The van der Waals surface area contributed by atoms with E-state index in [2.05, 4.69) is 4.98 Å². The Morgan fingerprint density at radius 3 is 2.59 bits per heavy atom. The van der Waals surface area contributed by atoms with Crippen molar-refractivity contribution >= 4 is 5.69 Å². The molecular weight excluding hydrogens is 237 g/mol. The van der Waals surface area contributed by atoms with Crippen LogP contribution in [0.4, 0.5) is 18.9 Å². The Kier molecular flexibility index (Phi) is 4.56. The Balaban J connectivity index is 2.69. The number of aromatic nitrogens is 1. The van der Waals surface area contributed by atoms with E-state index < -0.39 is 11.9 Å². The fraction of sp³-hybridized carbons (Fsp3) is 0.500. The van der Waals surface area contributed by atoms with Gasteiger partial charge in [-0.2, -0.15) is 13.2 Å². The summed E-state index contributed by atoms with van der Waals surface area (Å²) < 4.78 is 47.0. The number of halogens is 3. The molecule has 0 aliphatic carbocycles. The van der Waals surface area contributed by atoms with Crippen LogP contribution in [0.25, 0.3) is 0 Å². The minimum Gasteiger partial charge on any atom is -0.478 e. The maximum absolute atomic E-state index is 12.4. The van der Waals surface area contributed by atoms with Crippen molar-refractivity contribution in [3.8, 4) is 5.88 Å². The van der Waals surface area contributed by atoms with Gasteiger partial charge in [-0.1, -0.05) is 0 Å². The zero-order chi connectivity index (χ0) is 12.9. The van der Waals surface area contributed by atoms with Crippen molar-refractivity contribution in [1.82, 2.24) is 4.98 Å². The van der Waals surface area contributed by atoms with Crippen LogP contribution in [0, 0.1) is 0 Å². The number of methoxy groups -OCH3 is 1. The molecule has 7 heteroatoms. The molecule has 0 fully saturated rings. The Morgan fingerprint density at radius 1 is 1.29 bits per heavy atom. The maximum Gasteiger partial charge on any atom is 0.433 e. The molecule has 0 unspecified atom stereocenters. The number of pyridine rings is 1. The van der Waals surface area contributed by atoms with Gasteiger partial charge in [0.15, 0.2) is 5.69 Å². The van der Waals surface area contributed by atoms with E-state index in [9.17, 15) is 13.2 Å². The summed E-state index contributed by atoms with van der Waals surface area (Å²) in [6, 6.07) is 2.02. The fourth-order valence-electron chi connectivity index (χ4n) is 1.12. The Morgan fingerprint density at radius 2 is 2.00 bits per heavy atom. The van der Waals surface area contributed by atoms with Crippen LogP contribution in [0.2, 0.25) is 0 Å². The number of nitrogens with two attached hydrogens (primary N) is 1. The quantitative estimate of drug-likeness (QED) is 0.813. The predicted octanol–water partition coefficient (Wildman–Crippen LogP) is 2.10. The van der Waals surface area contributed by atoms with E-state index >= 15 is 0 Å². The van der Waals surface area contributed by atoms with Gasteiger partial charge in [0.2, 0.25) is 5.88 Å². The lowest BCUT2D eigenvalue weighted by molar-refractivity contribution is -0.141. The molecule has 0 atom stereocenters. The third-order valence-electron chi connectivity index (χ3n) is 1.86. The van der Waals surface area contributed by atoms with Crippen molar-refractivity contribution in [1.29, 1.82) is 0 Å². The first-order valence-electron chi connectivity index (χ1n) is 4.90. The number of nitrogen functional groups attached to an aromatic ring is 1. The molecule has 0 aliphatic rings. The highest BCUT2D eigenvalue weighted by Gasteiger charge is 2.33. The topological polar surface area (TPSA) is 57.4 Å². The minimum absolute atomic E-state index is 0.0333. The molecule has 0 radical (unpaired) electrons. The summed E-state index contributed by atoms with van der Waals surface area (Å²) in [6.45, 7) is 0.691. The van der Waals surface area contributed by atoms with Crippen molar-refractivity contribution in [3.63, 3.8) is 0 Å². The van der Waals surface area contributed by atoms with E-state index in [-0.39, 0.29) is 18.2 Å². The van der Waals surface area contributed by atoms with E-state index in [1.54, 1.807) is 0 Å². The summed E-state index contributed by atoms with van der Waals surface area (Å²) in [5.41, 5.74) is 4.25. The number of ether oxygens (including phenoxy) is 2. The molecular formula is C10H13F3N2O2. The largest absolute Gasteiger partial charge is 0.478 e. The second-order valence-corrected chi connectivity index (χ2v) is 3.32. The van der Waals surface area contributed by atoms with Crippen LogP contribution in [-0.2, 0) is 10.9 Å². The Hall–Kier alpha value is -1.50. The molecule has 0 spiro atoms. The van der Waals surface area contributed by atoms with E-state index in [0.717, 1.165) is 6.07 Å². The first-order chi connectivity index (χ1) is 7.93. The van der Waals surface area contributed by atoms with E-state index in [1.807, 2.05) is 0 Å². The highest BCUT2D eigenvalue weighted by Crippen LogP contribution is 2.30. The van der Waals surface area contributed by atoms with Crippen LogP contribution >= 0.6 is 0 Å². The molecule has 1 aromatic rings. The van der Waals surface area contributed by atoms with Crippen molar-refractivity contribution in [3.05, 3.63) is 17.8 Å². The molecule has 96 valence electrons. The molecule has 0 aromatic carbocycles. The third kappa shape index (κ3) is 4.48. The molecule has 1 rings (SSSR count). The maximum atomic E-state index is 12.4. The number of hydrogen-bond acceptors (Lipinski definition) is 4. The van der Waals surface area contributed by atoms with Crippen molar-refractivity contribution < 1.29 is 22.6 Å². The van der Waals surface area contributed by atoms with Crippen LogP contribution < -0.4 is 10.5 Å². The number of rotatable bonds is 5. The monoisotopic (exact) mass is 250 g/mol. The van der Waals surface area contributed by atoms with Gasteiger partial charge in [0.25, 0.3) is 0 Å². The molecule has 0 aliphatic heterocycles. The van der Waals surface area contributed by atoms with Gasteiger partial charge >= 0.3 is 6.18 Å². The van der Waals surface area contributed by atoms with Crippen molar-refractivity contribution in [2.24, 2.45) is 0 Å². The van der Waals surface area contributed by atoms with Gasteiger partial charge in [0, 0.05) is 31.9 Å². The van der Waals surface area contributed by atoms with Crippen LogP contribution in [0.3, 0.4) is 0 Å². The average molecular weight is 250 g/mol. The summed E-state index contributed by atoms with van der Waals surface area (Å²) >= 11 is 0. The number of anilines is 1. The average Bonchev–Trinajstić information content (AvgIpc) is 2.22. The van der Waals surface area contributed by atoms with E-state index in [0.29, 0.717) is 13.0 Å². The lowest BCUT2D eigenvalue weighted by Crippen LogP contribution is -2.11. The lowest BCUT2D eigenvalue weighted by Gasteiger charge is -2.10. The molecule has 4 nitrogen and oxygen atoms in total. The smallest absolute Gasteiger partial charge is 0.433 e. The van der Waals surface area contributed by atoms with Gasteiger partial charge in [-0.25, -0.2) is 4.98 Å². The normalized spacial score (nSPS) is 11.5. The van der Waals surface area contributed by atoms with Crippen LogP contribution in [0.5, 0.6) is 5.88 Å². The SMILES string of the molecule is COCCCOc1cc(N)cc(C(F)(F)F)n1. The van der Waals surface area contributed by atoms with Crippen LogP contribution in [0.1, 0.15) is 12.1 Å². The molecule has 1 aromatic heterocycles. The summed E-state index contributed by atoms with van der Waals surface area (Å²) in [5, 5.41) is 0. The van der Waals surface area contributed by atoms with Gasteiger partial charge in [-0.3, -0.25) is 0 Å². The third-order valence-corrected chi connectivity index (χ3v) is 1.86. The van der Waals surface area contributed by atoms with E-state index in [4.69, 9.17) is 15.2 Å². The van der Waals surface area contributed by atoms with Gasteiger partial charge in [0.05, 0.1) is 6.61 Å². The zero-order valence-electron chi connectivity index (χ0n) is 9.25. The Bertz CT molecular complexity index is 369. The summed E-state index contributed by atoms with van der Waals surface area (Å²) in [6.07, 6.45) is -3.96. The lowest BCUT2D eigenvalue weighted by atomic mass is 10.3. The fourth-order valence-corrected chi connectivity index (χ4v) is 1.12. The molecule has 0 bridgehead atoms. The van der Waals surface area contributed by atoms with E-state index in [1.165, 1.54) is 13.2 Å². The first-order valence-corrected chi connectivity index (χ1v) is 4.90. The molecule has 2 N–H and O–H groups in total. The van der Waals surface area contributed by atoms with Crippen LogP contribution in [0.15, 0.2) is 12.1 Å². The standard InChI is InChI=1S/C10H13F3N2O2/c1-16-3-2-4-17-9-6-7(14)5-8(15-9)10(11,12)13/h5-6H,2-4H2,1H3,(H2,14,15). The predicted molar refractivity (Wildman–Crippen MR) is 55.6 cm³/mol. The zero-order valence-corrected chi connectivity index (χ0v) is 9.25. The number of hydrogen-bond donors (Lipinski definition) is 1. The first kappa shape index (κ1) is 13.6. The van der Waals surface area contributed by atoms with Crippen LogP contribution in [-0.4, -0.2) is 25.3 Å². The highest BCUT2D eigenvalue weighted by atomic mass is 19.4. The van der Waals surface area contributed by atoms with Gasteiger partial charge in [-0.05, 0) is 6.07 Å². The second-order valence-electron chi connectivity index (χ2n) is 3.32. The van der Waals surface area contributed by atoms with Gasteiger partial charge < -0.3 is 15.2 Å². The minimum atomic E-state index is -4.53. The Labute approximate surface area is 96.5 Å². The molecule has 1 heterocycles. The van der Waals surface area contributed by atoms with Gasteiger partial charge in [-0.15, -0.1) is 0 Å². The molecule has 0 saturated heterocycles. The summed E-state index contributed by atoms with van der Waals surface area (Å²) in [4.78, 5) is 3.33. The van der Waals surface area contributed by atoms with Crippen molar-refractivity contribution in [2.75, 3.05) is 26.1 Å². The highest BCUT2D eigenvalue weighted by molar-refractivity contribution is 5.43. The molecule has 0 saturated carbocycles. The number of alkyl halides is 3. The van der Waals surface area contributed by atoms with Gasteiger partial charge in [0.1, 0.15) is 0 Å². The summed E-state index contributed by atoms with van der Waals surface area (Å²) in [5.74, 6) is -0.131. The molecule has 17 heavy (non-hydrogen) atoms.